The molecule has 7 nitrogen and oxygen atoms in total. The molecule has 0 bridgehead atoms. The molecular weight excluding hydrogens is 358 g/mol. The number of ether oxygens (including phenoxy) is 1. The third-order valence-corrected chi connectivity index (χ3v) is 6.57. The number of nitrogens with zero attached hydrogens (tertiary/aromatic N) is 2. The van der Waals surface area contributed by atoms with Crippen LogP contribution in [-0.2, 0) is 9.53 Å². The van der Waals surface area contributed by atoms with E-state index in [2.05, 4.69) is 5.32 Å². The van der Waals surface area contributed by atoms with Crippen LogP contribution in [0.5, 0.6) is 0 Å². The molecule has 2 heterocycles. The average Bonchev–Trinajstić information content (AvgIpc) is 3.14. The predicted molar refractivity (Wildman–Crippen MR) is 104 cm³/mol. The summed E-state index contributed by atoms with van der Waals surface area (Å²) in [5.74, 6) is -0.0526. The van der Waals surface area contributed by atoms with Crippen molar-refractivity contribution in [1.29, 1.82) is 0 Å². The Kier molecular flexibility index (Phi) is 5.29. The van der Waals surface area contributed by atoms with Crippen molar-refractivity contribution in [3.8, 4) is 0 Å². The van der Waals surface area contributed by atoms with E-state index in [0.29, 0.717) is 13.1 Å². The van der Waals surface area contributed by atoms with Crippen molar-refractivity contribution >= 4 is 11.9 Å². The molecule has 152 valence electrons. The lowest BCUT2D eigenvalue weighted by Crippen LogP contribution is -2.87. The Bertz CT molecular complexity index is 714. The monoisotopic (exact) mass is 387 g/mol. The first-order chi connectivity index (χ1) is 13.6. The summed E-state index contributed by atoms with van der Waals surface area (Å²) in [5, 5.41) is 13.2. The van der Waals surface area contributed by atoms with E-state index in [1.807, 2.05) is 30.3 Å². The zero-order chi connectivity index (χ0) is 19.7. The van der Waals surface area contributed by atoms with E-state index in [1.165, 1.54) is 7.11 Å². The minimum absolute atomic E-state index is 0.0135. The van der Waals surface area contributed by atoms with E-state index in [0.717, 1.165) is 31.2 Å². The number of nitrogens with one attached hydrogen (secondary N) is 1. The number of benzene rings is 1. The van der Waals surface area contributed by atoms with Crippen molar-refractivity contribution in [2.45, 2.75) is 49.2 Å². The van der Waals surface area contributed by atoms with Crippen LogP contribution in [0.3, 0.4) is 0 Å². The van der Waals surface area contributed by atoms with Gasteiger partial charge in [0.25, 0.3) is 0 Å². The molecule has 7 heteroatoms. The summed E-state index contributed by atoms with van der Waals surface area (Å²) < 4.78 is 4.97. The quantitative estimate of drug-likeness (QED) is 0.799. The maximum absolute atomic E-state index is 13.1. The summed E-state index contributed by atoms with van der Waals surface area (Å²) in [4.78, 5) is 28.9. The minimum atomic E-state index is -0.458. The van der Waals surface area contributed by atoms with Gasteiger partial charge in [0.05, 0.1) is 18.2 Å². The van der Waals surface area contributed by atoms with Crippen LogP contribution in [0.4, 0.5) is 4.79 Å². The number of rotatable bonds is 5. The lowest BCUT2D eigenvalue weighted by molar-refractivity contribution is -0.179. The molecule has 1 aromatic rings. The van der Waals surface area contributed by atoms with E-state index < -0.39 is 5.54 Å². The van der Waals surface area contributed by atoms with Gasteiger partial charge >= 0.3 is 6.03 Å². The second-order valence-corrected chi connectivity index (χ2v) is 8.23. The largest absolute Gasteiger partial charge is 0.394 e. The summed E-state index contributed by atoms with van der Waals surface area (Å²) in [6.45, 7) is 0.905. The third kappa shape index (κ3) is 3.06. The Morgan fingerprint density at radius 1 is 1.21 bits per heavy atom. The smallest absolute Gasteiger partial charge is 0.318 e. The van der Waals surface area contributed by atoms with Gasteiger partial charge in [0, 0.05) is 32.2 Å². The van der Waals surface area contributed by atoms with Crippen molar-refractivity contribution in [1.82, 2.24) is 15.1 Å². The van der Waals surface area contributed by atoms with Crippen molar-refractivity contribution in [2.75, 3.05) is 33.4 Å². The number of hydrogen-bond acceptors (Lipinski definition) is 4. The number of amides is 3. The van der Waals surface area contributed by atoms with E-state index in [1.54, 1.807) is 9.80 Å². The van der Waals surface area contributed by atoms with Gasteiger partial charge in [-0.2, -0.15) is 0 Å². The van der Waals surface area contributed by atoms with Gasteiger partial charge in [-0.1, -0.05) is 43.2 Å². The molecule has 3 amide bonds. The number of aliphatic hydroxyl groups is 1. The second-order valence-electron chi connectivity index (χ2n) is 8.23. The SMILES string of the molecule is COCC(=O)N1CC2(C1)[C@@H](c1ccccc1)[C@@H](CO)N2C(=O)NC1CCCC1. The topological polar surface area (TPSA) is 82.1 Å². The molecule has 0 unspecified atom stereocenters. The molecule has 0 aromatic heterocycles. The van der Waals surface area contributed by atoms with Gasteiger partial charge in [0.15, 0.2) is 0 Å². The molecule has 3 fully saturated rings. The van der Waals surface area contributed by atoms with Crippen LogP contribution in [0.25, 0.3) is 0 Å². The molecule has 2 atom stereocenters. The number of likely N-dealkylation sites (tertiary alicyclic amines) is 2. The van der Waals surface area contributed by atoms with Gasteiger partial charge in [-0.15, -0.1) is 0 Å². The van der Waals surface area contributed by atoms with Crippen molar-refractivity contribution in [3.63, 3.8) is 0 Å². The zero-order valence-electron chi connectivity index (χ0n) is 16.3. The van der Waals surface area contributed by atoms with Crippen molar-refractivity contribution in [3.05, 3.63) is 35.9 Å². The molecule has 2 aliphatic heterocycles. The summed E-state index contributed by atoms with van der Waals surface area (Å²) in [6.07, 6.45) is 4.31. The Hall–Kier alpha value is -2.12. The van der Waals surface area contributed by atoms with E-state index in [4.69, 9.17) is 4.74 Å². The van der Waals surface area contributed by atoms with E-state index >= 15 is 0 Å². The Morgan fingerprint density at radius 2 is 1.89 bits per heavy atom. The van der Waals surface area contributed by atoms with Crippen molar-refractivity contribution < 1.29 is 19.4 Å². The fourth-order valence-corrected chi connectivity index (χ4v) is 5.31. The lowest BCUT2D eigenvalue weighted by Gasteiger charge is -2.70. The Labute approximate surface area is 165 Å². The van der Waals surface area contributed by atoms with Crippen LogP contribution >= 0.6 is 0 Å². The molecule has 0 radical (unpaired) electrons. The number of aliphatic hydroxyl groups excluding tert-OH is 1. The highest BCUT2D eigenvalue weighted by Crippen LogP contribution is 2.53. The molecule has 1 aliphatic carbocycles. The highest BCUT2D eigenvalue weighted by atomic mass is 16.5. The van der Waals surface area contributed by atoms with Crippen LogP contribution in [0.1, 0.15) is 37.2 Å². The second kappa shape index (κ2) is 7.72. The maximum atomic E-state index is 13.1. The van der Waals surface area contributed by atoms with E-state index in [9.17, 15) is 14.7 Å². The summed E-state index contributed by atoms with van der Waals surface area (Å²) in [6, 6.07) is 9.83. The number of hydrogen-bond donors (Lipinski definition) is 2. The fraction of sp³-hybridized carbons (Fsp3) is 0.619. The third-order valence-electron chi connectivity index (χ3n) is 6.57. The average molecular weight is 387 g/mol. The molecule has 4 rings (SSSR count). The van der Waals surface area contributed by atoms with Crippen molar-refractivity contribution in [2.24, 2.45) is 0 Å². The van der Waals surface area contributed by atoms with Gasteiger partial charge in [0.1, 0.15) is 6.61 Å². The molecule has 3 aliphatic rings. The molecule has 1 saturated carbocycles. The Morgan fingerprint density at radius 3 is 2.50 bits per heavy atom. The van der Waals surface area contributed by atoms with Gasteiger partial charge < -0.3 is 25.0 Å². The molecule has 1 aromatic carbocycles. The number of methoxy groups -OCH3 is 1. The number of carbonyl (C=O) groups is 2. The minimum Gasteiger partial charge on any atom is -0.394 e. The zero-order valence-corrected chi connectivity index (χ0v) is 16.3. The molecule has 2 saturated heterocycles. The molecule has 1 spiro atoms. The first kappa shape index (κ1) is 19.2. The van der Waals surface area contributed by atoms with Gasteiger partial charge in [-0.05, 0) is 18.4 Å². The molecule has 2 N–H and O–H groups in total. The number of urea groups is 1. The normalized spacial score (nSPS) is 26.1. The van der Waals surface area contributed by atoms with Crippen LogP contribution in [0.2, 0.25) is 0 Å². The maximum Gasteiger partial charge on any atom is 0.318 e. The van der Waals surface area contributed by atoms with Gasteiger partial charge in [-0.25, -0.2) is 4.79 Å². The predicted octanol–water partition coefficient (Wildman–Crippen LogP) is 1.33. The summed E-state index contributed by atoms with van der Waals surface area (Å²) in [5.41, 5.74) is 0.645. The fourth-order valence-electron chi connectivity index (χ4n) is 5.31. The standard InChI is InChI=1S/C21H29N3O4/c1-28-12-18(26)23-13-21(14-23)19(15-7-3-2-4-8-15)17(11-25)24(21)20(27)22-16-9-5-6-10-16/h2-4,7-8,16-17,19,25H,5-6,9-14H2,1H3,(H,22,27)/t17-,19+/m1/s1. The highest BCUT2D eigenvalue weighted by Gasteiger charge is 2.68. The molecule has 28 heavy (non-hydrogen) atoms. The summed E-state index contributed by atoms with van der Waals surface area (Å²) in [7, 11) is 1.51. The Balaban J connectivity index is 1.57. The van der Waals surface area contributed by atoms with E-state index in [-0.39, 0.29) is 43.2 Å². The lowest BCUT2D eigenvalue weighted by atomic mass is 9.61. The number of carbonyl (C=O) groups excluding carboxylic acids is 2. The van der Waals surface area contributed by atoms with Crippen LogP contribution in [0, 0.1) is 0 Å². The van der Waals surface area contributed by atoms with Crippen LogP contribution < -0.4 is 5.32 Å². The van der Waals surface area contributed by atoms with Gasteiger partial charge in [-0.3, -0.25) is 4.79 Å². The molecular formula is C21H29N3O4. The first-order valence-corrected chi connectivity index (χ1v) is 10.1. The van der Waals surface area contributed by atoms with Crippen LogP contribution in [0.15, 0.2) is 30.3 Å². The highest BCUT2D eigenvalue weighted by molar-refractivity contribution is 5.82. The van der Waals surface area contributed by atoms with Crippen LogP contribution in [-0.4, -0.2) is 77.9 Å². The summed E-state index contributed by atoms with van der Waals surface area (Å²) >= 11 is 0. The van der Waals surface area contributed by atoms with Gasteiger partial charge in [0.2, 0.25) is 5.91 Å². The first-order valence-electron chi connectivity index (χ1n) is 10.1.